The molecule has 2 unspecified atom stereocenters. The summed E-state index contributed by atoms with van der Waals surface area (Å²) in [6.45, 7) is 6.35. The molecule has 2 aromatic rings. The molecular formula is C25H28ClFN4O4S. The number of carbonyl (C=O) groups excluding carboxylic acids is 2. The fraction of sp³-hybridized carbons (Fsp3) is 0.440. The summed E-state index contributed by atoms with van der Waals surface area (Å²) in [5, 5.41) is 5.90. The van der Waals surface area contributed by atoms with E-state index in [0.29, 0.717) is 35.2 Å². The molecule has 3 heterocycles. The first-order valence-electron chi connectivity index (χ1n) is 11.6. The number of nitrogens with one attached hydrogen (secondary N) is 1. The Balaban J connectivity index is 1.79. The molecule has 36 heavy (non-hydrogen) atoms. The Morgan fingerprint density at radius 3 is 2.72 bits per heavy atom. The van der Waals surface area contributed by atoms with Gasteiger partial charge >= 0.3 is 12.1 Å². The number of amides is 1. The van der Waals surface area contributed by atoms with Gasteiger partial charge < -0.3 is 19.7 Å². The van der Waals surface area contributed by atoms with Gasteiger partial charge in [-0.05, 0) is 45.7 Å². The molecule has 0 aliphatic carbocycles. The zero-order valence-corrected chi connectivity index (χ0v) is 22.1. The largest absolute Gasteiger partial charge is 0.466 e. The molecule has 1 N–H and O–H groups in total. The average molecular weight is 535 g/mol. The van der Waals surface area contributed by atoms with Crippen molar-refractivity contribution in [1.29, 1.82) is 0 Å². The number of methoxy groups -OCH3 is 1. The van der Waals surface area contributed by atoms with Crippen LogP contribution in [0.2, 0.25) is 5.02 Å². The summed E-state index contributed by atoms with van der Waals surface area (Å²) >= 11 is 7.81. The number of rotatable bonds is 4. The minimum atomic E-state index is -0.849. The van der Waals surface area contributed by atoms with E-state index in [1.54, 1.807) is 11.1 Å². The number of benzene rings is 1. The summed E-state index contributed by atoms with van der Waals surface area (Å²) < 4.78 is 24.6. The molecule has 2 aliphatic rings. The van der Waals surface area contributed by atoms with Crippen LogP contribution >= 0.6 is 22.9 Å². The van der Waals surface area contributed by atoms with Crippen LogP contribution in [0.15, 0.2) is 46.0 Å². The lowest BCUT2D eigenvalue weighted by Gasteiger charge is -2.37. The highest BCUT2D eigenvalue weighted by Crippen LogP contribution is 2.39. The number of hydrogen-bond donors (Lipinski definition) is 1. The van der Waals surface area contributed by atoms with E-state index in [1.807, 2.05) is 26.2 Å². The van der Waals surface area contributed by atoms with Gasteiger partial charge in [-0.25, -0.2) is 19.0 Å². The molecule has 2 atom stereocenters. The number of aliphatic imine (C=N–C) groups is 1. The summed E-state index contributed by atoms with van der Waals surface area (Å²) in [4.78, 5) is 36.8. The van der Waals surface area contributed by atoms with Crippen LogP contribution in [0.1, 0.15) is 50.2 Å². The number of halogens is 2. The lowest BCUT2D eigenvalue weighted by Crippen LogP contribution is -2.46. The third-order valence-corrected chi connectivity index (χ3v) is 6.96. The second-order valence-corrected chi connectivity index (χ2v) is 10.9. The Hall–Kier alpha value is -2.98. The number of esters is 1. The van der Waals surface area contributed by atoms with Gasteiger partial charge in [0.1, 0.15) is 17.5 Å². The van der Waals surface area contributed by atoms with Crippen molar-refractivity contribution in [3.63, 3.8) is 0 Å². The summed E-state index contributed by atoms with van der Waals surface area (Å²) in [5.41, 5.74) is 0.688. The highest BCUT2D eigenvalue weighted by atomic mass is 35.5. The van der Waals surface area contributed by atoms with Crippen molar-refractivity contribution in [1.82, 2.24) is 15.2 Å². The topological polar surface area (TPSA) is 93.1 Å². The molecule has 11 heteroatoms. The van der Waals surface area contributed by atoms with Crippen LogP contribution in [0.25, 0.3) is 0 Å². The molecule has 0 spiro atoms. The van der Waals surface area contributed by atoms with E-state index in [4.69, 9.17) is 26.1 Å². The third kappa shape index (κ3) is 5.70. The van der Waals surface area contributed by atoms with E-state index in [2.05, 4.69) is 10.3 Å². The first-order chi connectivity index (χ1) is 17.1. The highest BCUT2D eigenvalue weighted by Gasteiger charge is 2.39. The van der Waals surface area contributed by atoms with Gasteiger partial charge in [0.25, 0.3) is 0 Å². The molecule has 1 saturated heterocycles. The van der Waals surface area contributed by atoms with Crippen LogP contribution in [0.4, 0.5) is 9.18 Å². The number of piperidine rings is 1. The molecule has 1 amide bonds. The van der Waals surface area contributed by atoms with Gasteiger partial charge in [0.2, 0.25) is 0 Å². The zero-order chi connectivity index (χ0) is 26.0. The van der Waals surface area contributed by atoms with Gasteiger partial charge in [-0.1, -0.05) is 17.7 Å². The van der Waals surface area contributed by atoms with Gasteiger partial charge in [-0.15, -0.1) is 11.3 Å². The first kappa shape index (κ1) is 26.1. The smallest absolute Gasteiger partial charge is 0.410 e. The van der Waals surface area contributed by atoms with Gasteiger partial charge in [-0.3, -0.25) is 4.99 Å². The molecule has 4 rings (SSSR count). The van der Waals surface area contributed by atoms with Crippen molar-refractivity contribution in [2.24, 2.45) is 10.9 Å². The molecule has 8 nitrogen and oxygen atoms in total. The van der Waals surface area contributed by atoms with Crippen LogP contribution in [0.5, 0.6) is 0 Å². The number of nitrogens with zero attached hydrogens (tertiary/aromatic N) is 3. The van der Waals surface area contributed by atoms with Crippen molar-refractivity contribution < 1.29 is 23.5 Å². The molecule has 2 aliphatic heterocycles. The van der Waals surface area contributed by atoms with Crippen LogP contribution < -0.4 is 5.32 Å². The van der Waals surface area contributed by atoms with Crippen LogP contribution in [-0.2, 0) is 14.3 Å². The standard InChI is InChI=1S/C25H28ClFN4O4S/c1-25(2,3)35-24(33)31-10-5-6-14(13-31)19-18(23(32)34-4)20(16-8-7-15(27)12-17(16)26)30-21(29-19)22-28-9-11-36-22/h7-9,11-12,14,20H,5-6,10,13H2,1-4H3,(H,29,30). The van der Waals surface area contributed by atoms with E-state index < -0.39 is 29.5 Å². The van der Waals surface area contributed by atoms with Crippen LogP contribution in [-0.4, -0.2) is 53.6 Å². The normalized spacial score (nSPS) is 20.5. The second-order valence-electron chi connectivity index (χ2n) is 9.59. The van der Waals surface area contributed by atoms with E-state index in [1.165, 1.54) is 36.6 Å². The number of hydrogen-bond acceptors (Lipinski definition) is 8. The van der Waals surface area contributed by atoms with Crippen molar-refractivity contribution in [2.45, 2.75) is 45.3 Å². The van der Waals surface area contributed by atoms with Gasteiger partial charge in [-0.2, -0.15) is 0 Å². The zero-order valence-electron chi connectivity index (χ0n) is 20.5. The van der Waals surface area contributed by atoms with Crippen molar-refractivity contribution >= 4 is 40.8 Å². The monoisotopic (exact) mass is 534 g/mol. The van der Waals surface area contributed by atoms with Crippen LogP contribution in [0, 0.1) is 11.7 Å². The molecule has 1 aromatic heterocycles. The Bertz CT molecular complexity index is 1210. The highest BCUT2D eigenvalue weighted by molar-refractivity contribution is 7.11. The predicted octanol–water partition coefficient (Wildman–Crippen LogP) is 5.10. The maximum Gasteiger partial charge on any atom is 0.410 e. The first-order valence-corrected chi connectivity index (χ1v) is 12.8. The molecule has 0 bridgehead atoms. The number of thiazole rings is 1. The Morgan fingerprint density at radius 2 is 2.08 bits per heavy atom. The van der Waals surface area contributed by atoms with E-state index in [0.717, 1.165) is 12.8 Å². The molecule has 0 saturated carbocycles. The van der Waals surface area contributed by atoms with Gasteiger partial charge in [0, 0.05) is 46.9 Å². The number of carbonyl (C=O) groups is 2. The summed E-state index contributed by atoms with van der Waals surface area (Å²) in [6, 6.07) is 3.14. The minimum absolute atomic E-state index is 0.143. The van der Waals surface area contributed by atoms with Crippen molar-refractivity contribution in [3.05, 3.63) is 62.5 Å². The fourth-order valence-electron chi connectivity index (χ4n) is 4.32. The number of ether oxygens (including phenoxy) is 2. The Labute approximate surface area is 218 Å². The SMILES string of the molecule is COC(=O)C1=C(C2CCCN(C(=O)OC(C)(C)C)C2)NC(c2nccs2)=NC1c1ccc(F)cc1Cl. The molecule has 192 valence electrons. The summed E-state index contributed by atoms with van der Waals surface area (Å²) in [5.74, 6) is -0.842. The lowest BCUT2D eigenvalue weighted by molar-refractivity contribution is -0.136. The van der Waals surface area contributed by atoms with Gasteiger partial charge in [0.05, 0.1) is 12.7 Å². The Morgan fingerprint density at radius 1 is 1.31 bits per heavy atom. The Kier molecular flexibility index (Phi) is 7.65. The van der Waals surface area contributed by atoms with Crippen molar-refractivity contribution in [3.8, 4) is 0 Å². The quantitative estimate of drug-likeness (QED) is 0.548. The molecule has 0 radical (unpaired) electrons. The fourth-order valence-corrected chi connectivity index (χ4v) is 5.18. The van der Waals surface area contributed by atoms with Crippen LogP contribution in [0.3, 0.4) is 0 Å². The summed E-state index contributed by atoms with van der Waals surface area (Å²) in [6.07, 6.45) is 2.69. The number of amidine groups is 1. The lowest BCUT2D eigenvalue weighted by atomic mass is 9.86. The van der Waals surface area contributed by atoms with E-state index in [-0.39, 0.29) is 16.5 Å². The minimum Gasteiger partial charge on any atom is -0.466 e. The summed E-state index contributed by atoms with van der Waals surface area (Å²) in [7, 11) is 1.30. The second kappa shape index (κ2) is 10.6. The maximum atomic E-state index is 13.8. The molecule has 1 fully saturated rings. The molecule has 1 aromatic carbocycles. The van der Waals surface area contributed by atoms with Gasteiger partial charge in [0.15, 0.2) is 10.8 Å². The number of aromatic nitrogens is 1. The maximum absolute atomic E-state index is 13.8. The molecular weight excluding hydrogens is 507 g/mol. The van der Waals surface area contributed by atoms with E-state index >= 15 is 0 Å². The third-order valence-electron chi connectivity index (χ3n) is 5.85. The number of likely N-dealkylation sites (tertiary alicyclic amines) is 1. The average Bonchev–Trinajstić information content (AvgIpc) is 3.37. The van der Waals surface area contributed by atoms with E-state index in [9.17, 15) is 14.0 Å². The van der Waals surface area contributed by atoms with Crippen molar-refractivity contribution in [2.75, 3.05) is 20.2 Å². The predicted molar refractivity (Wildman–Crippen MR) is 136 cm³/mol.